The Bertz CT molecular complexity index is 424. The molecular formula is C13H12O3. The van der Waals surface area contributed by atoms with Crippen molar-refractivity contribution < 1.29 is 14.3 Å². The summed E-state index contributed by atoms with van der Waals surface area (Å²) < 4.78 is 10.8. The number of epoxide rings is 1. The summed E-state index contributed by atoms with van der Waals surface area (Å²) in [5, 5.41) is 0. The van der Waals surface area contributed by atoms with Gasteiger partial charge in [0.25, 0.3) is 0 Å². The number of carbonyl (C=O) groups excluding carboxylic acids is 1. The quantitative estimate of drug-likeness (QED) is 0.560. The van der Waals surface area contributed by atoms with Crippen molar-refractivity contribution in [2.24, 2.45) is 0 Å². The Morgan fingerprint density at radius 2 is 2.00 bits per heavy atom. The van der Waals surface area contributed by atoms with Crippen molar-refractivity contribution in [2.75, 3.05) is 0 Å². The van der Waals surface area contributed by atoms with Crippen LogP contribution in [0.2, 0.25) is 0 Å². The first-order valence-electron chi connectivity index (χ1n) is 5.42. The normalized spacial score (nSPS) is 32.2. The van der Waals surface area contributed by atoms with Gasteiger partial charge in [-0.1, -0.05) is 36.4 Å². The second-order valence-corrected chi connectivity index (χ2v) is 4.05. The fourth-order valence-corrected chi connectivity index (χ4v) is 2.05. The molecular weight excluding hydrogens is 204 g/mol. The highest BCUT2D eigenvalue weighted by molar-refractivity contribution is 5.82. The van der Waals surface area contributed by atoms with E-state index in [-0.39, 0.29) is 24.3 Å². The van der Waals surface area contributed by atoms with E-state index < -0.39 is 0 Å². The molecule has 3 nitrogen and oxygen atoms in total. The summed E-state index contributed by atoms with van der Waals surface area (Å²) >= 11 is 0. The van der Waals surface area contributed by atoms with Crippen LogP contribution >= 0.6 is 0 Å². The van der Waals surface area contributed by atoms with Gasteiger partial charge in [0.2, 0.25) is 0 Å². The summed E-state index contributed by atoms with van der Waals surface area (Å²) in [6, 6.07) is 10.0. The van der Waals surface area contributed by atoms with Gasteiger partial charge in [-0.25, -0.2) is 4.79 Å². The fraction of sp³-hybridized carbons (Fsp3) is 0.308. The van der Waals surface area contributed by atoms with Gasteiger partial charge in [0.05, 0.1) is 0 Å². The lowest BCUT2D eigenvalue weighted by molar-refractivity contribution is -0.145. The highest BCUT2D eigenvalue weighted by Crippen LogP contribution is 2.43. The molecule has 0 radical (unpaired) electrons. The number of hydrogen-bond acceptors (Lipinski definition) is 3. The molecule has 3 heteroatoms. The van der Waals surface area contributed by atoms with Crippen molar-refractivity contribution in [3.05, 3.63) is 48.0 Å². The minimum Gasteiger partial charge on any atom is -0.456 e. The van der Waals surface area contributed by atoms with Gasteiger partial charge < -0.3 is 9.47 Å². The minimum absolute atomic E-state index is 0.0244. The van der Waals surface area contributed by atoms with E-state index in [9.17, 15) is 4.79 Å². The summed E-state index contributed by atoms with van der Waals surface area (Å²) in [7, 11) is 0. The topological polar surface area (TPSA) is 38.8 Å². The van der Waals surface area contributed by atoms with Crippen LogP contribution in [0.5, 0.6) is 0 Å². The molecule has 1 fully saturated rings. The number of benzene rings is 1. The average molecular weight is 216 g/mol. The highest BCUT2D eigenvalue weighted by atomic mass is 16.6. The fourth-order valence-electron chi connectivity index (χ4n) is 2.05. The van der Waals surface area contributed by atoms with E-state index in [0.29, 0.717) is 0 Å². The van der Waals surface area contributed by atoms with Crippen LogP contribution in [0.1, 0.15) is 18.1 Å². The summed E-state index contributed by atoms with van der Waals surface area (Å²) in [6.45, 7) is 0. The van der Waals surface area contributed by atoms with E-state index >= 15 is 0 Å². The maximum Gasteiger partial charge on any atom is 0.330 e. The van der Waals surface area contributed by atoms with Crippen LogP contribution in [-0.2, 0) is 14.3 Å². The molecule has 0 spiro atoms. The highest BCUT2D eigenvalue weighted by Gasteiger charge is 2.47. The Balaban J connectivity index is 1.68. The van der Waals surface area contributed by atoms with E-state index in [1.54, 1.807) is 0 Å². The zero-order chi connectivity index (χ0) is 11.0. The average Bonchev–Trinajstić information content (AvgIpc) is 3.10. The van der Waals surface area contributed by atoms with Crippen LogP contribution in [0, 0.1) is 0 Å². The molecule has 3 rings (SSSR count). The van der Waals surface area contributed by atoms with Gasteiger partial charge in [-0.05, 0) is 5.56 Å². The Morgan fingerprint density at radius 3 is 2.75 bits per heavy atom. The number of rotatable bonds is 2. The maximum absolute atomic E-state index is 11.1. The monoisotopic (exact) mass is 216 g/mol. The third kappa shape index (κ3) is 1.74. The number of hydrogen-bond donors (Lipinski definition) is 0. The lowest BCUT2D eigenvalue weighted by Crippen LogP contribution is -2.25. The second kappa shape index (κ2) is 3.76. The van der Waals surface area contributed by atoms with Crippen LogP contribution in [-0.4, -0.2) is 18.2 Å². The molecule has 1 unspecified atom stereocenters. The van der Waals surface area contributed by atoms with E-state index in [0.717, 1.165) is 12.0 Å². The first-order chi connectivity index (χ1) is 7.84. The van der Waals surface area contributed by atoms with Gasteiger partial charge in [0.15, 0.2) is 0 Å². The molecule has 1 saturated heterocycles. The molecule has 16 heavy (non-hydrogen) atoms. The van der Waals surface area contributed by atoms with Crippen molar-refractivity contribution in [2.45, 2.75) is 24.7 Å². The Labute approximate surface area is 93.7 Å². The maximum atomic E-state index is 11.1. The van der Waals surface area contributed by atoms with Crippen LogP contribution in [0.3, 0.4) is 0 Å². The summed E-state index contributed by atoms with van der Waals surface area (Å²) in [5.74, 6) is -0.265. The zero-order valence-electron chi connectivity index (χ0n) is 8.71. The predicted octanol–water partition coefficient (Wildman–Crippen LogP) is 2.00. The molecule has 0 aliphatic carbocycles. The minimum atomic E-state index is -0.265. The van der Waals surface area contributed by atoms with E-state index in [4.69, 9.17) is 9.47 Å². The van der Waals surface area contributed by atoms with Crippen molar-refractivity contribution in [3.63, 3.8) is 0 Å². The van der Waals surface area contributed by atoms with E-state index in [1.807, 2.05) is 36.4 Å². The SMILES string of the molecule is O=C1C=CCC([C@@H]2O[C@H]2c2ccccc2)O1. The van der Waals surface area contributed by atoms with Crippen molar-refractivity contribution >= 4 is 5.97 Å². The number of cyclic esters (lactones) is 1. The smallest absolute Gasteiger partial charge is 0.330 e. The van der Waals surface area contributed by atoms with Crippen molar-refractivity contribution in [3.8, 4) is 0 Å². The largest absolute Gasteiger partial charge is 0.456 e. The van der Waals surface area contributed by atoms with Crippen molar-refractivity contribution in [1.29, 1.82) is 0 Å². The first kappa shape index (κ1) is 9.60. The predicted molar refractivity (Wildman–Crippen MR) is 57.7 cm³/mol. The molecule has 0 N–H and O–H groups in total. The molecule has 0 bridgehead atoms. The summed E-state index contributed by atoms with van der Waals surface area (Å²) in [5.41, 5.74) is 1.15. The first-order valence-corrected chi connectivity index (χ1v) is 5.42. The third-order valence-corrected chi connectivity index (χ3v) is 2.91. The van der Waals surface area contributed by atoms with Crippen LogP contribution < -0.4 is 0 Å². The third-order valence-electron chi connectivity index (χ3n) is 2.91. The standard InChI is InChI=1S/C13H12O3/c14-11-8-4-7-10(15-11)13-12(16-13)9-5-2-1-3-6-9/h1-6,8,10,12-13H,7H2/t10?,12-,13-/m0/s1. The molecule has 3 atom stereocenters. The van der Waals surface area contributed by atoms with E-state index in [2.05, 4.69) is 0 Å². The Morgan fingerprint density at radius 1 is 1.19 bits per heavy atom. The summed E-state index contributed by atoms with van der Waals surface area (Å²) in [4.78, 5) is 11.1. The van der Waals surface area contributed by atoms with Gasteiger partial charge in [-0.2, -0.15) is 0 Å². The molecule has 0 saturated carbocycles. The molecule has 82 valence electrons. The van der Waals surface area contributed by atoms with Gasteiger partial charge in [0, 0.05) is 12.5 Å². The molecule has 2 aliphatic heterocycles. The number of esters is 1. The molecule has 2 aliphatic rings. The van der Waals surface area contributed by atoms with Crippen LogP contribution in [0.4, 0.5) is 0 Å². The van der Waals surface area contributed by atoms with Crippen LogP contribution in [0.15, 0.2) is 42.5 Å². The molecule has 2 heterocycles. The zero-order valence-corrected chi connectivity index (χ0v) is 8.71. The molecule has 1 aromatic carbocycles. The van der Waals surface area contributed by atoms with Gasteiger partial charge in [0.1, 0.15) is 18.3 Å². The number of ether oxygens (including phenoxy) is 2. The van der Waals surface area contributed by atoms with Gasteiger partial charge in [-0.15, -0.1) is 0 Å². The molecule has 0 aromatic heterocycles. The summed E-state index contributed by atoms with van der Waals surface area (Å²) in [6.07, 6.45) is 4.06. The van der Waals surface area contributed by atoms with Gasteiger partial charge in [-0.3, -0.25) is 0 Å². The number of carbonyl (C=O) groups is 1. The van der Waals surface area contributed by atoms with E-state index in [1.165, 1.54) is 6.08 Å². The van der Waals surface area contributed by atoms with Crippen molar-refractivity contribution in [1.82, 2.24) is 0 Å². The molecule has 1 aromatic rings. The Kier molecular flexibility index (Phi) is 2.26. The second-order valence-electron chi connectivity index (χ2n) is 4.05. The van der Waals surface area contributed by atoms with Crippen LogP contribution in [0.25, 0.3) is 0 Å². The van der Waals surface area contributed by atoms with Gasteiger partial charge >= 0.3 is 5.97 Å². The lowest BCUT2D eigenvalue weighted by atomic mass is 10.0. The molecule has 0 amide bonds. The lowest BCUT2D eigenvalue weighted by Gasteiger charge is -2.16. The Hall–Kier alpha value is -1.61.